The molecule has 2 aromatic carbocycles. The molecule has 10 nitrogen and oxygen atoms in total. The lowest BCUT2D eigenvalue weighted by Crippen LogP contribution is -2.35. The van der Waals surface area contributed by atoms with Gasteiger partial charge < -0.3 is 39.8 Å². The third-order valence-electron chi connectivity index (χ3n) is 10.3. The second-order valence-corrected chi connectivity index (χ2v) is 14.4. The Balaban J connectivity index is 1.12. The summed E-state index contributed by atoms with van der Waals surface area (Å²) in [5, 5.41) is 28.0. The molecule has 0 amide bonds. The van der Waals surface area contributed by atoms with Crippen molar-refractivity contribution in [2.75, 3.05) is 14.2 Å². The highest BCUT2D eigenvalue weighted by Crippen LogP contribution is 2.35. The molecule has 2 heterocycles. The third-order valence-corrected chi connectivity index (χ3v) is 10.9. The van der Waals surface area contributed by atoms with Gasteiger partial charge in [-0.15, -0.1) is 0 Å². The van der Waals surface area contributed by atoms with Gasteiger partial charge in [-0.2, -0.15) is 9.97 Å². The van der Waals surface area contributed by atoms with Crippen LogP contribution in [0.2, 0.25) is 10.0 Å². The van der Waals surface area contributed by atoms with Gasteiger partial charge in [0.2, 0.25) is 23.5 Å². The van der Waals surface area contributed by atoms with E-state index in [9.17, 15) is 10.2 Å². The fourth-order valence-corrected chi connectivity index (χ4v) is 7.65. The van der Waals surface area contributed by atoms with E-state index in [0.29, 0.717) is 46.7 Å². The van der Waals surface area contributed by atoms with E-state index in [2.05, 4.69) is 46.6 Å². The van der Waals surface area contributed by atoms with Crippen LogP contribution in [0.3, 0.4) is 0 Å². The molecule has 0 bridgehead atoms. The van der Waals surface area contributed by atoms with Crippen molar-refractivity contribution in [3.05, 3.63) is 92.0 Å². The van der Waals surface area contributed by atoms with Gasteiger partial charge in [-0.3, -0.25) is 0 Å². The number of methoxy groups -OCH3 is 2. The lowest BCUT2D eigenvalue weighted by atomic mass is 9.92. The van der Waals surface area contributed by atoms with Gasteiger partial charge in [0.05, 0.1) is 26.4 Å². The van der Waals surface area contributed by atoms with Gasteiger partial charge in [-0.1, -0.05) is 59.6 Å². The standard InChI is InChI=1S/C40H48Cl2N4O6/c1-23-25(21-51-39-31(41)17-27(37(45-39)49-3)19-43-33-13-7-15-35(33)47)9-5-11-29(23)30-12-6-10-26(24(30)2)22-52-40-32(42)18-28(38(46-40)50-4)20-44-34-14-8-16-36(34)48/h5-6,9-12,17-18,33-36,43-44,47-48H,7-8,13-16,19-22H2,1-4H3/t33-,34-,35-,36-/m0/s1. The van der Waals surface area contributed by atoms with E-state index in [4.69, 9.17) is 42.1 Å². The zero-order valence-electron chi connectivity index (χ0n) is 30.2. The molecule has 12 heteroatoms. The van der Waals surface area contributed by atoms with E-state index < -0.39 is 0 Å². The minimum absolute atomic E-state index is 0.0507. The van der Waals surface area contributed by atoms with E-state index in [1.807, 2.05) is 36.4 Å². The summed E-state index contributed by atoms with van der Waals surface area (Å²) in [7, 11) is 3.15. The Morgan fingerprint density at radius 2 is 1.06 bits per heavy atom. The van der Waals surface area contributed by atoms with Gasteiger partial charge in [0.1, 0.15) is 23.3 Å². The van der Waals surface area contributed by atoms with Crippen molar-refractivity contribution in [2.45, 2.75) is 103 Å². The Hall–Kier alpha value is -3.64. The SMILES string of the molecule is COc1nc(OCc2cccc(-c3cccc(COc4nc(OC)c(CN[C@H]5CCC[C@@H]5O)cc4Cl)c3C)c2C)c(Cl)cc1CN[C@H]1CCC[C@@H]1O. The summed E-state index contributed by atoms with van der Waals surface area (Å²) in [5.41, 5.74) is 7.91. The van der Waals surface area contributed by atoms with Crippen molar-refractivity contribution in [1.82, 2.24) is 20.6 Å². The Labute approximate surface area is 315 Å². The Morgan fingerprint density at radius 1 is 0.635 bits per heavy atom. The molecule has 52 heavy (non-hydrogen) atoms. The summed E-state index contributed by atoms with van der Waals surface area (Å²) in [6.45, 7) is 5.66. The van der Waals surface area contributed by atoms with Crippen molar-refractivity contribution < 1.29 is 29.2 Å². The average molecular weight is 752 g/mol. The zero-order chi connectivity index (χ0) is 36.8. The number of aliphatic hydroxyl groups is 2. The molecular formula is C40H48Cl2N4O6. The fourth-order valence-electron chi connectivity index (χ4n) is 7.19. The molecule has 2 fully saturated rings. The molecule has 2 saturated carbocycles. The molecule has 0 spiro atoms. The van der Waals surface area contributed by atoms with E-state index in [-0.39, 0.29) is 37.5 Å². The summed E-state index contributed by atoms with van der Waals surface area (Å²) in [6.07, 6.45) is 4.82. The highest BCUT2D eigenvalue weighted by molar-refractivity contribution is 6.32. The van der Waals surface area contributed by atoms with Crippen LogP contribution < -0.4 is 29.6 Å². The van der Waals surface area contributed by atoms with E-state index in [1.165, 1.54) is 0 Å². The highest BCUT2D eigenvalue weighted by Gasteiger charge is 2.26. The van der Waals surface area contributed by atoms with Gasteiger partial charge in [-0.05, 0) is 97.9 Å². The maximum atomic E-state index is 10.2. The third kappa shape index (κ3) is 8.76. The molecular weight excluding hydrogens is 703 g/mol. The van der Waals surface area contributed by atoms with Gasteiger partial charge in [-0.25, -0.2) is 0 Å². The number of aliphatic hydroxyl groups excluding tert-OH is 2. The minimum atomic E-state index is -0.341. The number of ether oxygens (including phenoxy) is 4. The molecule has 2 aliphatic rings. The van der Waals surface area contributed by atoms with Crippen LogP contribution in [0.25, 0.3) is 11.1 Å². The zero-order valence-corrected chi connectivity index (χ0v) is 31.7. The number of aromatic nitrogens is 2. The molecule has 2 aliphatic carbocycles. The number of nitrogens with one attached hydrogen (secondary N) is 2. The van der Waals surface area contributed by atoms with Gasteiger partial charge in [0.15, 0.2) is 0 Å². The highest BCUT2D eigenvalue weighted by atomic mass is 35.5. The summed E-state index contributed by atoms with van der Waals surface area (Å²) in [6, 6.07) is 16.0. The van der Waals surface area contributed by atoms with E-state index in [0.717, 1.165) is 83.0 Å². The van der Waals surface area contributed by atoms with Crippen molar-refractivity contribution in [1.29, 1.82) is 0 Å². The monoisotopic (exact) mass is 750 g/mol. The summed E-state index contributed by atoms with van der Waals surface area (Å²) in [4.78, 5) is 9.15. The normalized spacial score (nSPS) is 19.9. The first kappa shape index (κ1) is 38.1. The van der Waals surface area contributed by atoms with Crippen molar-refractivity contribution in [3.63, 3.8) is 0 Å². The molecule has 0 aliphatic heterocycles. The number of hydrogen-bond donors (Lipinski definition) is 4. The largest absolute Gasteiger partial charge is 0.481 e. The molecule has 0 unspecified atom stereocenters. The van der Waals surface area contributed by atoms with Gasteiger partial charge in [0.25, 0.3) is 0 Å². The predicted molar refractivity (Wildman–Crippen MR) is 203 cm³/mol. The van der Waals surface area contributed by atoms with Crippen LogP contribution in [0.1, 0.15) is 71.9 Å². The summed E-state index contributed by atoms with van der Waals surface area (Å²) < 4.78 is 23.5. The first-order chi connectivity index (χ1) is 25.2. The molecule has 0 radical (unpaired) electrons. The van der Waals surface area contributed by atoms with Crippen molar-refractivity contribution >= 4 is 23.2 Å². The van der Waals surface area contributed by atoms with Crippen LogP contribution in [-0.4, -0.2) is 58.7 Å². The van der Waals surface area contributed by atoms with E-state index in [1.54, 1.807) is 14.2 Å². The van der Waals surface area contributed by atoms with Crippen LogP contribution in [0.4, 0.5) is 0 Å². The molecule has 4 N–H and O–H groups in total. The first-order valence-electron chi connectivity index (χ1n) is 17.9. The van der Waals surface area contributed by atoms with Gasteiger partial charge >= 0.3 is 0 Å². The van der Waals surface area contributed by atoms with Crippen LogP contribution in [0.15, 0.2) is 48.5 Å². The second kappa shape index (κ2) is 17.5. The summed E-state index contributed by atoms with van der Waals surface area (Å²) >= 11 is 13.3. The van der Waals surface area contributed by atoms with Crippen molar-refractivity contribution in [3.8, 4) is 34.6 Å². The number of rotatable bonds is 15. The minimum Gasteiger partial charge on any atom is -0.481 e. The molecule has 4 atom stereocenters. The quantitative estimate of drug-likeness (QED) is 0.0987. The van der Waals surface area contributed by atoms with Crippen LogP contribution in [0.5, 0.6) is 23.5 Å². The second-order valence-electron chi connectivity index (χ2n) is 13.6. The number of hydrogen-bond acceptors (Lipinski definition) is 10. The molecule has 2 aromatic heterocycles. The number of pyridine rings is 2. The lowest BCUT2D eigenvalue weighted by Gasteiger charge is -2.19. The first-order valence-corrected chi connectivity index (χ1v) is 18.6. The average Bonchev–Trinajstić information content (AvgIpc) is 3.76. The lowest BCUT2D eigenvalue weighted by molar-refractivity contribution is 0.148. The maximum Gasteiger partial charge on any atom is 0.236 e. The van der Waals surface area contributed by atoms with E-state index >= 15 is 0 Å². The molecule has 278 valence electrons. The molecule has 0 saturated heterocycles. The van der Waals surface area contributed by atoms with Crippen molar-refractivity contribution in [2.24, 2.45) is 0 Å². The fraction of sp³-hybridized carbons (Fsp3) is 0.450. The Kier molecular flexibility index (Phi) is 12.8. The number of benzene rings is 2. The maximum absolute atomic E-state index is 10.2. The molecule has 4 aromatic rings. The topological polar surface area (TPSA) is 127 Å². The number of nitrogens with zero attached hydrogens (tertiary/aromatic N) is 2. The van der Waals surface area contributed by atoms with Crippen LogP contribution in [0, 0.1) is 13.8 Å². The predicted octanol–water partition coefficient (Wildman–Crippen LogP) is 7.25. The van der Waals surface area contributed by atoms with Crippen LogP contribution >= 0.6 is 23.2 Å². The smallest absolute Gasteiger partial charge is 0.236 e. The van der Waals surface area contributed by atoms with Gasteiger partial charge in [0, 0.05) is 36.3 Å². The number of halogens is 2. The Morgan fingerprint density at radius 3 is 1.42 bits per heavy atom. The Bertz CT molecular complexity index is 1730. The summed E-state index contributed by atoms with van der Waals surface area (Å²) in [5.74, 6) is 1.46. The molecule has 6 rings (SSSR count). The van der Waals surface area contributed by atoms with Crippen LogP contribution in [-0.2, 0) is 26.3 Å².